The fraction of sp³-hybridized carbons (Fsp3) is 0.429. The Labute approximate surface area is 169 Å². The van der Waals surface area contributed by atoms with Crippen LogP contribution in [0.3, 0.4) is 0 Å². The first-order valence-corrected chi connectivity index (χ1v) is 9.75. The molecule has 1 aliphatic heterocycles. The summed E-state index contributed by atoms with van der Waals surface area (Å²) in [6.07, 6.45) is 2.32. The number of aromatic nitrogens is 1. The van der Waals surface area contributed by atoms with E-state index in [1.807, 2.05) is 18.2 Å². The van der Waals surface area contributed by atoms with Crippen molar-refractivity contribution in [2.75, 3.05) is 25.1 Å². The number of hydrogen-bond acceptors (Lipinski definition) is 6. The van der Waals surface area contributed by atoms with Gasteiger partial charge in [0.15, 0.2) is 0 Å². The van der Waals surface area contributed by atoms with Crippen LogP contribution in [0.4, 0.5) is 5.69 Å². The number of pyridine rings is 1. The zero-order valence-electron chi connectivity index (χ0n) is 15.6. The van der Waals surface area contributed by atoms with Crippen molar-refractivity contribution in [2.45, 2.75) is 25.0 Å². The van der Waals surface area contributed by atoms with Crippen molar-refractivity contribution in [2.24, 2.45) is 11.8 Å². The number of methoxy groups -OCH3 is 1. The van der Waals surface area contributed by atoms with Crippen LogP contribution in [0.25, 0.3) is 0 Å². The molecular formula is C21H22ClN3O3. The molecule has 4 rings (SSSR count). The predicted molar refractivity (Wildman–Crippen MR) is 106 cm³/mol. The number of nitriles is 1. The summed E-state index contributed by atoms with van der Waals surface area (Å²) in [5.41, 5.74) is 1.29. The van der Waals surface area contributed by atoms with Gasteiger partial charge in [0.2, 0.25) is 5.88 Å². The normalized spacial score (nSPS) is 26.4. The summed E-state index contributed by atoms with van der Waals surface area (Å²) in [5.74, 6) is 1.77. The van der Waals surface area contributed by atoms with Crippen LogP contribution in [-0.2, 0) is 0 Å². The zero-order chi connectivity index (χ0) is 19.7. The van der Waals surface area contributed by atoms with Crippen molar-refractivity contribution in [1.82, 2.24) is 4.98 Å². The molecule has 1 aromatic carbocycles. The highest BCUT2D eigenvalue weighted by Crippen LogP contribution is 2.41. The van der Waals surface area contributed by atoms with Crippen LogP contribution in [0.1, 0.15) is 18.4 Å². The molecule has 2 heterocycles. The minimum Gasteiger partial charge on any atom is -0.488 e. The number of ether oxygens (including phenoxy) is 2. The Morgan fingerprint density at radius 3 is 2.75 bits per heavy atom. The molecule has 0 amide bonds. The van der Waals surface area contributed by atoms with Crippen LogP contribution in [0, 0.1) is 23.2 Å². The molecule has 0 bridgehead atoms. The van der Waals surface area contributed by atoms with Gasteiger partial charge < -0.3 is 19.5 Å². The number of anilines is 1. The largest absolute Gasteiger partial charge is 0.488 e. The maximum atomic E-state index is 10.6. The van der Waals surface area contributed by atoms with Crippen molar-refractivity contribution in [3.63, 3.8) is 0 Å². The van der Waals surface area contributed by atoms with Gasteiger partial charge in [0.05, 0.1) is 18.9 Å². The van der Waals surface area contributed by atoms with Crippen LogP contribution < -0.4 is 14.4 Å². The molecule has 1 aliphatic carbocycles. The van der Waals surface area contributed by atoms with Crippen LogP contribution in [-0.4, -0.2) is 42.5 Å². The van der Waals surface area contributed by atoms with E-state index in [1.165, 1.54) is 7.11 Å². The van der Waals surface area contributed by atoms with Gasteiger partial charge in [0.1, 0.15) is 23.5 Å². The summed E-state index contributed by atoms with van der Waals surface area (Å²) < 4.78 is 11.3. The van der Waals surface area contributed by atoms with Gasteiger partial charge in [-0.3, -0.25) is 0 Å². The second-order valence-corrected chi connectivity index (χ2v) is 7.84. The third-order valence-electron chi connectivity index (χ3n) is 5.71. The Balaban J connectivity index is 1.50. The lowest BCUT2D eigenvalue weighted by Crippen LogP contribution is -2.42. The number of fused-ring (bicyclic) bond motifs is 1. The van der Waals surface area contributed by atoms with Gasteiger partial charge in [-0.05, 0) is 48.9 Å². The number of halogens is 1. The first-order chi connectivity index (χ1) is 13.6. The van der Waals surface area contributed by atoms with Gasteiger partial charge in [-0.1, -0.05) is 17.7 Å². The molecular weight excluding hydrogens is 378 g/mol. The minimum absolute atomic E-state index is 0.262. The summed E-state index contributed by atoms with van der Waals surface area (Å²) in [7, 11) is 1.52. The van der Waals surface area contributed by atoms with E-state index < -0.39 is 6.10 Å². The number of aliphatic hydroxyl groups is 1. The van der Waals surface area contributed by atoms with Crippen molar-refractivity contribution in [3.8, 4) is 17.7 Å². The lowest BCUT2D eigenvalue weighted by Gasteiger charge is -2.35. The number of aliphatic hydroxyl groups excluding tert-OH is 1. The van der Waals surface area contributed by atoms with Gasteiger partial charge in [-0.15, -0.1) is 0 Å². The van der Waals surface area contributed by atoms with Gasteiger partial charge in [-0.25, -0.2) is 4.98 Å². The summed E-state index contributed by atoms with van der Waals surface area (Å²) in [6, 6.07) is 11.3. The lowest BCUT2D eigenvalue weighted by atomic mass is 9.78. The van der Waals surface area contributed by atoms with E-state index in [4.69, 9.17) is 21.1 Å². The van der Waals surface area contributed by atoms with Crippen LogP contribution in [0.5, 0.6) is 11.6 Å². The van der Waals surface area contributed by atoms with Gasteiger partial charge in [0.25, 0.3) is 0 Å². The molecule has 2 aromatic rings. The first-order valence-electron chi connectivity index (χ1n) is 9.37. The van der Waals surface area contributed by atoms with E-state index in [0.717, 1.165) is 25.2 Å². The van der Waals surface area contributed by atoms with Gasteiger partial charge >= 0.3 is 0 Å². The molecule has 0 spiro atoms. The van der Waals surface area contributed by atoms with Crippen LogP contribution in [0.15, 0.2) is 36.5 Å². The third kappa shape index (κ3) is 3.60. The molecule has 1 saturated heterocycles. The molecule has 1 aromatic heterocycles. The number of hydrogen-bond donors (Lipinski definition) is 1. The topological polar surface area (TPSA) is 78.6 Å². The second-order valence-electron chi connectivity index (χ2n) is 7.40. The van der Waals surface area contributed by atoms with Crippen molar-refractivity contribution in [3.05, 3.63) is 47.1 Å². The van der Waals surface area contributed by atoms with E-state index in [-0.39, 0.29) is 6.10 Å². The molecule has 4 atom stereocenters. The number of rotatable bonds is 4. The highest BCUT2D eigenvalue weighted by molar-refractivity contribution is 6.30. The van der Waals surface area contributed by atoms with Crippen LogP contribution >= 0.6 is 11.6 Å². The molecule has 7 heteroatoms. The molecule has 1 saturated carbocycles. The van der Waals surface area contributed by atoms with Crippen molar-refractivity contribution >= 4 is 17.3 Å². The Morgan fingerprint density at radius 2 is 2.04 bits per heavy atom. The van der Waals surface area contributed by atoms with Crippen LogP contribution in [0.2, 0.25) is 5.02 Å². The maximum absolute atomic E-state index is 10.6. The smallest absolute Gasteiger partial charge is 0.233 e. The van der Waals surface area contributed by atoms with E-state index in [1.54, 1.807) is 18.3 Å². The Kier molecular flexibility index (Phi) is 5.29. The van der Waals surface area contributed by atoms with Gasteiger partial charge in [-0.2, -0.15) is 5.26 Å². The number of nitrogens with zero attached hydrogens (tertiary/aromatic N) is 3. The summed E-state index contributed by atoms with van der Waals surface area (Å²) in [6.45, 7) is 1.61. The van der Waals surface area contributed by atoms with E-state index in [9.17, 15) is 10.4 Å². The highest BCUT2D eigenvalue weighted by atomic mass is 35.5. The fourth-order valence-corrected chi connectivity index (χ4v) is 4.57. The molecule has 28 heavy (non-hydrogen) atoms. The minimum atomic E-state index is -0.525. The Bertz CT molecular complexity index is 901. The Hall–Kier alpha value is -2.49. The maximum Gasteiger partial charge on any atom is 0.233 e. The molecule has 0 unspecified atom stereocenters. The molecule has 146 valence electrons. The lowest BCUT2D eigenvalue weighted by molar-refractivity contribution is -0.0231. The fourth-order valence-electron chi connectivity index (χ4n) is 4.39. The Morgan fingerprint density at radius 1 is 1.25 bits per heavy atom. The van der Waals surface area contributed by atoms with E-state index >= 15 is 0 Å². The van der Waals surface area contributed by atoms with E-state index in [2.05, 4.69) is 16.0 Å². The third-order valence-corrected chi connectivity index (χ3v) is 5.94. The SMILES string of the molecule is COc1nccc(N2C[C@H]3C[C@@H](Oc4cccc(Cl)c4)[C@H](O)C[C@H]3C2)c1C#N. The molecule has 1 N–H and O–H groups in total. The van der Waals surface area contributed by atoms with Gasteiger partial charge in [0, 0.05) is 24.3 Å². The average molecular weight is 400 g/mol. The molecule has 6 nitrogen and oxygen atoms in total. The summed E-state index contributed by atoms with van der Waals surface area (Å²) in [4.78, 5) is 6.33. The molecule has 0 radical (unpaired) electrons. The summed E-state index contributed by atoms with van der Waals surface area (Å²) >= 11 is 6.04. The van der Waals surface area contributed by atoms with Crippen molar-refractivity contribution in [1.29, 1.82) is 5.26 Å². The van der Waals surface area contributed by atoms with Crippen molar-refractivity contribution < 1.29 is 14.6 Å². The first kappa shape index (κ1) is 18.9. The van der Waals surface area contributed by atoms with E-state index in [0.29, 0.717) is 40.5 Å². The molecule has 2 fully saturated rings. The second kappa shape index (κ2) is 7.86. The monoisotopic (exact) mass is 399 g/mol. The summed E-state index contributed by atoms with van der Waals surface area (Å²) in [5, 5.41) is 20.8. The average Bonchev–Trinajstić information content (AvgIpc) is 3.10. The predicted octanol–water partition coefficient (Wildman–Crippen LogP) is 3.27. The quantitative estimate of drug-likeness (QED) is 0.850. The highest BCUT2D eigenvalue weighted by Gasteiger charge is 2.43. The number of benzene rings is 1. The molecule has 2 aliphatic rings. The standard InChI is InChI=1S/C21H22ClN3O3/c1-27-21-17(10-23)18(5-6-24-21)25-11-13-7-19(26)20(8-14(13)12-25)28-16-4-2-3-15(22)9-16/h2-6,9,13-14,19-20,26H,7-8,11-12H2,1H3/t13-,14+,19+,20+/m0/s1. The zero-order valence-corrected chi connectivity index (χ0v) is 16.3.